The quantitative estimate of drug-likeness (QED) is 0.669. The number of benzene rings is 2. The fourth-order valence-electron chi connectivity index (χ4n) is 5.36. The van der Waals surface area contributed by atoms with Gasteiger partial charge in [-0.05, 0) is 55.7 Å². The molecule has 2 fully saturated rings. The summed E-state index contributed by atoms with van der Waals surface area (Å²) in [7, 11) is 0. The Morgan fingerprint density at radius 2 is 1.73 bits per heavy atom. The van der Waals surface area contributed by atoms with Gasteiger partial charge in [0.2, 0.25) is 5.91 Å². The fraction of sp³-hybridized carbons (Fsp3) is 0.320. The van der Waals surface area contributed by atoms with Crippen molar-refractivity contribution in [1.29, 1.82) is 0 Å². The summed E-state index contributed by atoms with van der Waals surface area (Å²) < 4.78 is 0. The number of pyridine rings is 1. The number of hydrogen-bond acceptors (Lipinski definition) is 3. The van der Waals surface area contributed by atoms with Crippen molar-refractivity contribution < 1.29 is 9.59 Å². The minimum atomic E-state index is -0.346. The fourth-order valence-corrected chi connectivity index (χ4v) is 5.36. The number of carbonyl (C=O) groups is 2. The maximum atomic E-state index is 13.4. The molecule has 2 aliphatic rings. The van der Waals surface area contributed by atoms with E-state index in [1.54, 1.807) is 12.4 Å². The van der Waals surface area contributed by atoms with Crippen LogP contribution in [0.1, 0.15) is 41.9 Å². The molecule has 0 spiro atoms. The van der Waals surface area contributed by atoms with E-state index >= 15 is 0 Å². The molecule has 2 heterocycles. The van der Waals surface area contributed by atoms with Gasteiger partial charge in [-0.3, -0.25) is 9.78 Å². The van der Waals surface area contributed by atoms with E-state index < -0.39 is 0 Å². The van der Waals surface area contributed by atoms with Crippen LogP contribution in [-0.4, -0.2) is 23.0 Å². The second-order valence-electron chi connectivity index (χ2n) is 8.53. The van der Waals surface area contributed by atoms with Gasteiger partial charge in [0.05, 0.1) is 17.8 Å². The van der Waals surface area contributed by atoms with Crippen LogP contribution < -0.4 is 10.2 Å². The monoisotopic (exact) mass is 399 g/mol. The average molecular weight is 399 g/mol. The number of carbonyl (C=O) groups excluding carboxylic acids is 2. The first kappa shape index (κ1) is 18.8. The van der Waals surface area contributed by atoms with Crippen molar-refractivity contribution in [3.8, 4) is 0 Å². The van der Waals surface area contributed by atoms with E-state index in [0.29, 0.717) is 11.6 Å². The minimum absolute atomic E-state index is 0.109. The van der Waals surface area contributed by atoms with Crippen LogP contribution in [0, 0.1) is 19.8 Å². The van der Waals surface area contributed by atoms with E-state index in [0.717, 1.165) is 30.0 Å². The number of imide groups is 1. The van der Waals surface area contributed by atoms with E-state index in [9.17, 15) is 9.59 Å². The summed E-state index contributed by atoms with van der Waals surface area (Å²) in [4.78, 5) is 32.0. The number of amides is 3. The number of aryl methyl sites for hydroxylation is 2. The molecule has 152 valence electrons. The summed E-state index contributed by atoms with van der Waals surface area (Å²) in [5.74, 6) is 0.0652. The van der Waals surface area contributed by atoms with Crippen LogP contribution in [0.2, 0.25) is 0 Å². The number of anilines is 1. The third kappa shape index (κ3) is 2.96. The van der Waals surface area contributed by atoms with Gasteiger partial charge in [-0.25, -0.2) is 9.69 Å². The van der Waals surface area contributed by atoms with Crippen LogP contribution in [0.5, 0.6) is 0 Å². The first-order chi connectivity index (χ1) is 14.5. The number of fused-ring (bicyclic) bond motifs is 2. The Kier molecular flexibility index (Phi) is 4.54. The molecular weight excluding hydrogens is 374 g/mol. The molecule has 1 aliphatic heterocycles. The number of urea groups is 1. The summed E-state index contributed by atoms with van der Waals surface area (Å²) in [6, 6.07) is 13.6. The Morgan fingerprint density at radius 1 is 0.967 bits per heavy atom. The smallest absolute Gasteiger partial charge is 0.329 e. The van der Waals surface area contributed by atoms with E-state index in [1.807, 2.05) is 24.3 Å². The molecule has 3 aromatic rings. The zero-order chi connectivity index (χ0) is 20.8. The van der Waals surface area contributed by atoms with Crippen molar-refractivity contribution in [3.05, 3.63) is 71.5 Å². The molecule has 30 heavy (non-hydrogen) atoms. The molecule has 1 N–H and O–H groups in total. The number of rotatable bonds is 2. The van der Waals surface area contributed by atoms with Gasteiger partial charge in [0.1, 0.15) is 0 Å². The lowest BCUT2D eigenvalue weighted by Gasteiger charge is -2.43. The number of hydrogen-bond donors (Lipinski definition) is 1. The maximum Gasteiger partial charge on any atom is 0.329 e. The highest BCUT2D eigenvalue weighted by Crippen LogP contribution is 2.41. The van der Waals surface area contributed by atoms with Gasteiger partial charge < -0.3 is 5.32 Å². The normalized spacial score (nSPS) is 23.9. The summed E-state index contributed by atoms with van der Waals surface area (Å²) in [5.41, 5.74) is 4.51. The van der Waals surface area contributed by atoms with Crippen LogP contribution in [0.3, 0.4) is 0 Å². The van der Waals surface area contributed by atoms with E-state index in [-0.39, 0.29) is 23.9 Å². The zero-order valence-electron chi connectivity index (χ0n) is 17.3. The number of aromatic nitrogens is 1. The highest BCUT2D eigenvalue weighted by molar-refractivity contribution is 6.20. The van der Waals surface area contributed by atoms with Gasteiger partial charge in [-0.1, -0.05) is 42.5 Å². The Bertz CT molecular complexity index is 1130. The minimum Gasteiger partial charge on any atom is -0.334 e. The maximum absolute atomic E-state index is 13.4. The van der Waals surface area contributed by atoms with Crippen LogP contribution in [0.15, 0.2) is 54.9 Å². The molecule has 3 unspecified atom stereocenters. The second-order valence-corrected chi connectivity index (χ2v) is 8.53. The highest BCUT2D eigenvalue weighted by Gasteiger charge is 2.45. The SMILES string of the molecule is Cc1cccc(C)c1C1CCC2C(=O)N(c3cncc4ccccc34)C(=O)NC2C1. The molecule has 0 radical (unpaired) electrons. The third-order valence-electron chi connectivity index (χ3n) is 6.74. The molecular formula is C25H25N3O2. The van der Waals surface area contributed by atoms with Crippen LogP contribution in [0.25, 0.3) is 10.8 Å². The van der Waals surface area contributed by atoms with Gasteiger partial charge in [0.25, 0.3) is 0 Å². The number of nitrogens with zero attached hydrogens (tertiary/aromatic N) is 2. The lowest BCUT2D eigenvalue weighted by molar-refractivity contribution is -0.124. The summed E-state index contributed by atoms with van der Waals surface area (Å²) in [6.07, 6.45) is 5.90. The number of nitrogens with one attached hydrogen (secondary N) is 1. The van der Waals surface area contributed by atoms with Gasteiger partial charge >= 0.3 is 6.03 Å². The molecule has 1 aromatic heterocycles. The molecule has 5 heteroatoms. The van der Waals surface area contributed by atoms with Crippen LogP contribution in [0.4, 0.5) is 10.5 Å². The lowest BCUT2D eigenvalue weighted by atomic mass is 9.72. The molecule has 3 amide bonds. The topological polar surface area (TPSA) is 62.3 Å². The van der Waals surface area contributed by atoms with Crippen molar-refractivity contribution in [2.24, 2.45) is 5.92 Å². The van der Waals surface area contributed by atoms with Crippen LogP contribution in [-0.2, 0) is 4.79 Å². The third-order valence-corrected chi connectivity index (χ3v) is 6.74. The second kappa shape index (κ2) is 7.24. The first-order valence-corrected chi connectivity index (χ1v) is 10.6. The summed E-state index contributed by atoms with van der Waals surface area (Å²) in [5, 5.41) is 4.91. The van der Waals surface area contributed by atoms with Crippen LogP contribution >= 0.6 is 0 Å². The largest absolute Gasteiger partial charge is 0.334 e. The van der Waals surface area contributed by atoms with E-state index in [1.165, 1.54) is 21.6 Å². The molecule has 1 saturated heterocycles. The average Bonchev–Trinajstić information content (AvgIpc) is 2.73. The standard InChI is InChI=1S/C25H25N3O2/c1-15-6-5-7-16(2)23(15)17-10-11-20-21(12-17)27-25(30)28(24(20)29)22-14-26-13-18-8-3-4-9-19(18)22/h3-9,13-14,17,20-21H,10-12H2,1-2H3,(H,27,30). The summed E-state index contributed by atoms with van der Waals surface area (Å²) >= 11 is 0. The van der Waals surface area contributed by atoms with Crippen molar-refractivity contribution >= 4 is 28.4 Å². The zero-order valence-corrected chi connectivity index (χ0v) is 17.3. The van der Waals surface area contributed by atoms with Crippen molar-refractivity contribution in [2.45, 2.75) is 45.1 Å². The molecule has 3 atom stereocenters. The predicted octanol–water partition coefficient (Wildman–Crippen LogP) is 4.86. The van der Waals surface area contributed by atoms with Crippen molar-refractivity contribution in [2.75, 3.05) is 4.90 Å². The van der Waals surface area contributed by atoms with Gasteiger partial charge in [-0.15, -0.1) is 0 Å². The predicted molar refractivity (Wildman–Crippen MR) is 118 cm³/mol. The Balaban J connectivity index is 1.45. The highest BCUT2D eigenvalue weighted by atomic mass is 16.2. The Labute approximate surface area is 176 Å². The first-order valence-electron chi connectivity index (χ1n) is 10.6. The van der Waals surface area contributed by atoms with Gasteiger partial charge in [0, 0.05) is 23.0 Å². The molecule has 2 aromatic carbocycles. The van der Waals surface area contributed by atoms with Crippen molar-refractivity contribution in [3.63, 3.8) is 0 Å². The Morgan fingerprint density at radius 3 is 2.53 bits per heavy atom. The van der Waals surface area contributed by atoms with E-state index in [2.05, 4.69) is 42.3 Å². The lowest BCUT2D eigenvalue weighted by Crippen LogP contribution is -2.61. The van der Waals surface area contributed by atoms with E-state index in [4.69, 9.17) is 0 Å². The molecule has 5 rings (SSSR count). The van der Waals surface area contributed by atoms with Crippen molar-refractivity contribution in [1.82, 2.24) is 10.3 Å². The van der Waals surface area contributed by atoms with Gasteiger partial charge in [0.15, 0.2) is 0 Å². The molecule has 5 nitrogen and oxygen atoms in total. The van der Waals surface area contributed by atoms with Gasteiger partial charge in [-0.2, -0.15) is 0 Å². The molecule has 1 aliphatic carbocycles. The Hall–Kier alpha value is -3.21. The molecule has 0 bridgehead atoms. The summed E-state index contributed by atoms with van der Waals surface area (Å²) in [6.45, 7) is 4.29. The molecule has 1 saturated carbocycles.